The van der Waals surface area contributed by atoms with Crippen molar-refractivity contribution >= 4 is 33.2 Å². The predicted molar refractivity (Wildman–Crippen MR) is 147 cm³/mol. The van der Waals surface area contributed by atoms with Crippen molar-refractivity contribution < 1.29 is 17.9 Å². The molecule has 1 atom stereocenters. The van der Waals surface area contributed by atoms with Gasteiger partial charge in [-0.3, -0.25) is 4.90 Å². The van der Waals surface area contributed by atoms with E-state index in [1.54, 1.807) is 34.1 Å². The van der Waals surface area contributed by atoms with Crippen LogP contribution in [-0.2, 0) is 9.84 Å². The van der Waals surface area contributed by atoms with Crippen LogP contribution in [0.3, 0.4) is 0 Å². The number of allylic oxidation sites excluding steroid dienone is 6. The fraction of sp³-hybridized carbons (Fsp3) is 0.321. The van der Waals surface area contributed by atoms with Gasteiger partial charge in [0.15, 0.2) is 0 Å². The Morgan fingerprint density at radius 1 is 1.11 bits per heavy atom. The topological polar surface area (TPSA) is 66.9 Å². The fourth-order valence-corrected chi connectivity index (χ4v) is 4.48. The second kappa shape index (κ2) is 12.3. The van der Waals surface area contributed by atoms with Crippen LogP contribution < -0.4 is 9.64 Å². The third-order valence-corrected chi connectivity index (χ3v) is 7.10. The quantitative estimate of drug-likeness (QED) is 0.258. The van der Waals surface area contributed by atoms with Crippen LogP contribution in [0.15, 0.2) is 84.2 Å². The Bertz CT molecular complexity index is 1270. The highest BCUT2D eigenvalue weighted by atomic mass is 35.5. The molecule has 1 saturated heterocycles. The van der Waals surface area contributed by atoms with Crippen LogP contribution in [0.5, 0.6) is 5.75 Å². The molecule has 0 aromatic heterocycles. The maximum atomic E-state index is 13.3. The van der Waals surface area contributed by atoms with Crippen molar-refractivity contribution in [3.05, 3.63) is 94.8 Å². The lowest BCUT2D eigenvalue weighted by atomic mass is 10.1. The van der Waals surface area contributed by atoms with E-state index in [4.69, 9.17) is 16.3 Å². The standard InChI is InChI=1S/C28H33ClN2O4S/c1-5-21(2)9-6-7-10-22(3)35-26-12-8-11-23(19-26)27-20-30(17-18-36(4,33)34)28(32)31(27)25-15-13-24(29)14-16-25/h6-16,19,27H,5,17-18,20H2,1-4H3/b7-6-,21-9-,22-10+/t27-/m1/s1. The summed E-state index contributed by atoms with van der Waals surface area (Å²) < 4.78 is 29.5. The number of anilines is 1. The Morgan fingerprint density at radius 2 is 1.81 bits per heavy atom. The molecular weight excluding hydrogens is 496 g/mol. The molecule has 2 aromatic carbocycles. The summed E-state index contributed by atoms with van der Waals surface area (Å²) in [4.78, 5) is 16.6. The Hall–Kier alpha value is -3.03. The zero-order valence-electron chi connectivity index (χ0n) is 21.1. The Balaban J connectivity index is 1.85. The van der Waals surface area contributed by atoms with Crippen molar-refractivity contribution in [2.45, 2.75) is 33.2 Å². The number of carbonyl (C=O) groups is 1. The SMILES string of the molecule is CC\C(C)=C/C=C\C=C(/C)Oc1cccc([C@H]2CN(CCS(C)(=O)=O)C(=O)N2c2ccc(Cl)cc2)c1. The first-order valence-electron chi connectivity index (χ1n) is 11.9. The lowest BCUT2D eigenvalue weighted by Gasteiger charge is -2.24. The average molecular weight is 529 g/mol. The van der Waals surface area contributed by atoms with Crippen molar-refractivity contribution in [3.63, 3.8) is 0 Å². The van der Waals surface area contributed by atoms with Crippen LogP contribution in [0.4, 0.5) is 10.5 Å². The normalized spacial score (nSPS) is 17.4. The van der Waals surface area contributed by atoms with Gasteiger partial charge in [-0.2, -0.15) is 0 Å². The number of benzene rings is 2. The molecule has 1 aliphatic rings. The van der Waals surface area contributed by atoms with Gasteiger partial charge in [-0.05, 0) is 68.3 Å². The van der Waals surface area contributed by atoms with Crippen molar-refractivity contribution in [1.29, 1.82) is 0 Å². The van der Waals surface area contributed by atoms with Gasteiger partial charge in [0.05, 0.1) is 11.8 Å². The molecule has 1 fully saturated rings. The number of ether oxygens (including phenoxy) is 1. The monoisotopic (exact) mass is 528 g/mol. The Morgan fingerprint density at radius 3 is 2.47 bits per heavy atom. The van der Waals surface area contributed by atoms with Crippen LogP contribution in [0.1, 0.15) is 38.8 Å². The minimum absolute atomic E-state index is 0.0897. The van der Waals surface area contributed by atoms with E-state index in [1.165, 1.54) is 11.8 Å². The van der Waals surface area contributed by atoms with Gasteiger partial charge in [-0.1, -0.05) is 54.5 Å². The molecule has 192 valence electrons. The van der Waals surface area contributed by atoms with E-state index in [0.29, 0.717) is 23.0 Å². The lowest BCUT2D eigenvalue weighted by molar-refractivity contribution is 0.223. The summed E-state index contributed by atoms with van der Waals surface area (Å²) >= 11 is 6.06. The number of rotatable bonds is 10. The van der Waals surface area contributed by atoms with E-state index < -0.39 is 9.84 Å². The van der Waals surface area contributed by atoms with Gasteiger partial charge in [0.2, 0.25) is 0 Å². The number of sulfone groups is 1. The Labute approximate surface area is 219 Å². The first kappa shape index (κ1) is 27.6. The number of nitrogens with zero attached hydrogens (tertiary/aromatic N) is 2. The summed E-state index contributed by atoms with van der Waals surface area (Å²) in [5.74, 6) is 1.30. The summed E-state index contributed by atoms with van der Waals surface area (Å²) in [6.45, 7) is 6.59. The highest BCUT2D eigenvalue weighted by molar-refractivity contribution is 7.90. The van der Waals surface area contributed by atoms with Crippen LogP contribution in [0.2, 0.25) is 5.02 Å². The smallest absolute Gasteiger partial charge is 0.325 e. The molecule has 0 bridgehead atoms. The first-order chi connectivity index (χ1) is 17.1. The highest BCUT2D eigenvalue weighted by Gasteiger charge is 2.39. The maximum Gasteiger partial charge on any atom is 0.325 e. The van der Waals surface area contributed by atoms with Crippen molar-refractivity contribution in [1.82, 2.24) is 4.90 Å². The van der Waals surface area contributed by atoms with E-state index in [0.717, 1.165) is 17.7 Å². The summed E-state index contributed by atoms with van der Waals surface area (Å²) in [5.41, 5.74) is 2.88. The largest absolute Gasteiger partial charge is 0.462 e. The minimum atomic E-state index is -3.21. The molecule has 6 nitrogen and oxygen atoms in total. The van der Waals surface area contributed by atoms with Crippen molar-refractivity contribution in [2.24, 2.45) is 0 Å². The minimum Gasteiger partial charge on any atom is -0.462 e. The molecular formula is C28H33ClN2O4S. The van der Waals surface area contributed by atoms with Gasteiger partial charge in [-0.25, -0.2) is 13.2 Å². The van der Waals surface area contributed by atoms with Gasteiger partial charge in [0.1, 0.15) is 21.3 Å². The molecule has 0 radical (unpaired) electrons. The molecule has 0 aliphatic carbocycles. The molecule has 0 saturated carbocycles. The van der Waals surface area contributed by atoms with Crippen molar-refractivity contribution in [3.8, 4) is 5.75 Å². The lowest BCUT2D eigenvalue weighted by Crippen LogP contribution is -2.35. The van der Waals surface area contributed by atoms with Crippen LogP contribution in [0, 0.1) is 0 Å². The zero-order valence-corrected chi connectivity index (χ0v) is 22.7. The number of hydrogen-bond acceptors (Lipinski definition) is 4. The number of hydrogen-bond donors (Lipinski definition) is 0. The van der Waals surface area contributed by atoms with Gasteiger partial charge in [-0.15, -0.1) is 0 Å². The van der Waals surface area contributed by atoms with Crippen LogP contribution in [-0.4, -0.2) is 44.4 Å². The van der Waals surface area contributed by atoms with Crippen molar-refractivity contribution in [2.75, 3.05) is 30.0 Å². The average Bonchev–Trinajstić information content (AvgIpc) is 3.16. The number of urea groups is 1. The van der Waals surface area contributed by atoms with E-state index in [-0.39, 0.29) is 24.4 Å². The molecule has 0 unspecified atom stereocenters. The number of halogens is 1. The molecule has 0 spiro atoms. The summed E-state index contributed by atoms with van der Waals surface area (Å²) in [7, 11) is -3.21. The molecule has 3 rings (SSSR count). The van der Waals surface area contributed by atoms with E-state index in [2.05, 4.69) is 19.9 Å². The fourth-order valence-electron chi connectivity index (χ4n) is 3.80. The third-order valence-electron chi connectivity index (χ3n) is 5.92. The Kier molecular flexibility index (Phi) is 9.40. The van der Waals surface area contributed by atoms with Gasteiger partial charge >= 0.3 is 6.03 Å². The van der Waals surface area contributed by atoms with E-state index >= 15 is 0 Å². The maximum absolute atomic E-state index is 13.3. The van der Waals surface area contributed by atoms with E-state index in [9.17, 15) is 13.2 Å². The molecule has 0 N–H and O–H groups in total. The third kappa shape index (κ3) is 7.73. The van der Waals surface area contributed by atoms with Gasteiger partial charge in [0, 0.05) is 30.1 Å². The van der Waals surface area contributed by atoms with Crippen LogP contribution in [0.25, 0.3) is 0 Å². The number of carbonyl (C=O) groups excluding carboxylic acids is 1. The molecule has 2 aromatic rings. The number of amides is 2. The van der Waals surface area contributed by atoms with E-state index in [1.807, 2.05) is 49.4 Å². The molecule has 1 heterocycles. The van der Waals surface area contributed by atoms with Crippen LogP contribution >= 0.6 is 11.6 Å². The highest BCUT2D eigenvalue weighted by Crippen LogP contribution is 2.36. The molecule has 8 heteroatoms. The second-order valence-corrected chi connectivity index (χ2v) is 11.6. The second-order valence-electron chi connectivity index (χ2n) is 8.92. The molecule has 1 aliphatic heterocycles. The summed E-state index contributed by atoms with van der Waals surface area (Å²) in [6, 6.07) is 14.1. The molecule has 36 heavy (non-hydrogen) atoms. The summed E-state index contributed by atoms with van der Waals surface area (Å²) in [5, 5.41) is 0.572. The van der Waals surface area contributed by atoms with Gasteiger partial charge in [0.25, 0.3) is 0 Å². The summed E-state index contributed by atoms with van der Waals surface area (Å²) in [6.07, 6.45) is 10.1. The van der Waals surface area contributed by atoms with Gasteiger partial charge < -0.3 is 9.64 Å². The first-order valence-corrected chi connectivity index (χ1v) is 14.3. The molecule has 2 amide bonds. The predicted octanol–water partition coefficient (Wildman–Crippen LogP) is 6.56. The zero-order chi connectivity index (χ0) is 26.3.